The van der Waals surface area contributed by atoms with Crippen molar-refractivity contribution in [3.63, 3.8) is 0 Å². The summed E-state index contributed by atoms with van der Waals surface area (Å²) in [5, 5.41) is 0. The molecule has 0 aromatic carbocycles. The van der Waals surface area contributed by atoms with Crippen molar-refractivity contribution in [2.24, 2.45) is 0 Å². The molecule has 0 rings (SSSR count). The molecule has 0 saturated heterocycles. The summed E-state index contributed by atoms with van der Waals surface area (Å²) in [6.45, 7) is 12.0. The van der Waals surface area contributed by atoms with Gasteiger partial charge in [-0.25, -0.2) is 0 Å². The van der Waals surface area contributed by atoms with Crippen molar-refractivity contribution >= 4 is 23.1 Å². The average Bonchev–Trinajstić information content (AvgIpc) is 1.50. The maximum atomic E-state index is 4.25. The summed E-state index contributed by atoms with van der Waals surface area (Å²) < 4.78 is 0. The quantitative estimate of drug-likeness (QED) is 0.302. The van der Waals surface area contributed by atoms with Gasteiger partial charge in [0.1, 0.15) is 0 Å². The Labute approximate surface area is 50.4 Å². The van der Waals surface area contributed by atoms with Gasteiger partial charge in [0.2, 0.25) is 0 Å². The molecule has 0 atom stereocenters. The van der Waals surface area contributed by atoms with E-state index in [1.54, 1.807) is 6.92 Å². The van der Waals surface area contributed by atoms with Gasteiger partial charge < -0.3 is 13.5 Å². The molecule has 0 unspecified atom stereocenters. The van der Waals surface area contributed by atoms with Crippen LogP contribution in [0, 0.1) is 13.5 Å². The Bertz CT molecular complexity index is 3.61. The van der Waals surface area contributed by atoms with Crippen molar-refractivity contribution in [2.75, 3.05) is 0 Å². The Balaban J connectivity index is -0.0000000133. The Morgan fingerprint density at radius 3 is 1.40 bits per heavy atom. The van der Waals surface area contributed by atoms with Gasteiger partial charge in [-0.15, -0.1) is 0 Å². The molecule has 0 aliphatic heterocycles. The van der Waals surface area contributed by atoms with Gasteiger partial charge in [-0.2, -0.15) is 6.92 Å². The molecule has 0 bridgehead atoms. The predicted molar refractivity (Wildman–Crippen MR) is 26.7 cm³/mol. The maximum absolute atomic E-state index is 4.25. The van der Waals surface area contributed by atoms with Crippen LogP contribution in [0.4, 0.5) is 0 Å². The Hall–Kier alpha value is 0.506. The van der Waals surface area contributed by atoms with Crippen molar-refractivity contribution in [1.82, 2.24) is 0 Å². The first-order valence-electron chi connectivity index (χ1n) is 1.12. The fourth-order valence-corrected chi connectivity index (χ4v) is 0. The van der Waals surface area contributed by atoms with Crippen LogP contribution in [0.25, 0.3) is 0 Å². The third kappa shape index (κ3) is 110. The molecule has 0 aromatic heterocycles. The molecule has 0 nitrogen and oxygen atoms in total. The van der Waals surface area contributed by atoms with Gasteiger partial charge in [-0.3, -0.25) is 6.58 Å². The largest absolute Gasteiger partial charge is 2.00 e. The van der Waals surface area contributed by atoms with Gasteiger partial charge in [0.15, 0.2) is 0 Å². The second kappa shape index (κ2) is 216. The Kier molecular flexibility index (Phi) is 770. The monoisotopic (exact) mass is 80.0 g/mol. The van der Waals surface area contributed by atoms with Gasteiger partial charge in [0.05, 0.1) is 0 Å². The molecular weight excluding hydrogens is 72.3 g/mol. The van der Waals surface area contributed by atoms with Gasteiger partial charge >= 0.3 is 23.1 Å². The van der Waals surface area contributed by atoms with E-state index >= 15 is 0 Å². The van der Waals surface area contributed by atoms with E-state index < -0.39 is 0 Å². The topological polar surface area (TPSA) is 0 Å². The minimum atomic E-state index is 0. The normalized spacial score (nSPS) is 2.00. The summed E-state index contributed by atoms with van der Waals surface area (Å²) in [6.07, 6.45) is 0. The summed E-state index contributed by atoms with van der Waals surface area (Å²) >= 11 is 0. The molecule has 0 saturated carbocycles. The summed E-state index contributed by atoms with van der Waals surface area (Å²) in [4.78, 5) is 0. The van der Waals surface area contributed by atoms with Crippen LogP contribution < -0.4 is 0 Å². The van der Waals surface area contributed by atoms with E-state index in [4.69, 9.17) is 0 Å². The van der Waals surface area contributed by atoms with E-state index in [1.165, 1.54) is 0 Å². The van der Waals surface area contributed by atoms with Crippen molar-refractivity contribution in [3.05, 3.63) is 20.1 Å². The van der Waals surface area contributed by atoms with Gasteiger partial charge in [-0.1, -0.05) is 0 Å². The third-order valence-corrected chi connectivity index (χ3v) is 0. The van der Waals surface area contributed by atoms with Crippen molar-refractivity contribution < 1.29 is 0 Å². The molecule has 0 radical (unpaired) electrons. The van der Waals surface area contributed by atoms with Crippen LogP contribution in [0.5, 0.6) is 0 Å². The summed E-state index contributed by atoms with van der Waals surface area (Å²) in [5.74, 6) is 0. The number of hydrogen-bond donors (Lipinski definition) is 0. The van der Waals surface area contributed by atoms with Crippen LogP contribution in [0.3, 0.4) is 0 Å². The molecule has 5 heavy (non-hydrogen) atoms. The molecule has 0 heterocycles. The van der Waals surface area contributed by atoms with E-state index in [2.05, 4.69) is 20.1 Å². The van der Waals surface area contributed by atoms with E-state index in [-0.39, 0.29) is 23.1 Å². The number of hydrogen-bond acceptors (Lipinski definition) is 0. The first-order valence-corrected chi connectivity index (χ1v) is 1.12. The predicted octanol–water partition coefficient (Wildman–Crippen LogP) is 1.06. The van der Waals surface area contributed by atoms with Crippen LogP contribution in [0.15, 0.2) is 6.58 Å². The molecule has 0 amide bonds. The second-order valence-corrected chi connectivity index (χ2v) is 0. The van der Waals surface area contributed by atoms with Crippen molar-refractivity contribution in [3.8, 4) is 0 Å². The van der Waals surface area contributed by atoms with Crippen LogP contribution in [0.1, 0.15) is 6.92 Å². The van der Waals surface area contributed by atoms with Gasteiger partial charge in [0.25, 0.3) is 0 Å². The molecule has 0 spiro atoms. The molecule has 26 valence electrons. The fraction of sp³-hybridized carbons (Fsp3) is 0.250. The SMILES string of the molecule is [CH-]=C.[CH2-]C.[Mg+2]. The summed E-state index contributed by atoms with van der Waals surface area (Å²) in [7, 11) is 0. The zero-order valence-corrected chi connectivity index (χ0v) is 5.11. The Morgan fingerprint density at radius 2 is 1.40 bits per heavy atom. The van der Waals surface area contributed by atoms with E-state index in [9.17, 15) is 0 Å². The zero-order chi connectivity index (χ0) is 4.00. The molecule has 0 aliphatic rings. The fourth-order valence-electron chi connectivity index (χ4n) is 0. The molecular formula is C4H8Mg. The van der Waals surface area contributed by atoms with Crippen LogP contribution in [-0.4, -0.2) is 23.1 Å². The van der Waals surface area contributed by atoms with Crippen LogP contribution in [-0.2, 0) is 0 Å². The van der Waals surface area contributed by atoms with Crippen LogP contribution in [0.2, 0.25) is 0 Å². The summed E-state index contributed by atoms with van der Waals surface area (Å²) in [5.41, 5.74) is 0. The van der Waals surface area contributed by atoms with Gasteiger partial charge in [-0.05, 0) is 0 Å². The summed E-state index contributed by atoms with van der Waals surface area (Å²) in [6, 6.07) is 0. The third-order valence-electron chi connectivity index (χ3n) is 0. The van der Waals surface area contributed by atoms with E-state index in [0.717, 1.165) is 0 Å². The van der Waals surface area contributed by atoms with Crippen molar-refractivity contribution in [1.29, 1.82) is 0 Å². The molecule has 0 aliphatic carbocycles. The molecule has 0 N–H and O–H groups in total. The minimum Gasteiger partial charge on any atom is -0.521 e. The first kappa shape index (κ1) is 17.8. The minimum absolute atomic E-state index is 0. The number of rotatable bonds is 0. The van der Waals surface area contributed by atoms with E-state index in [1.807, 2.05) is 0 Å². The molecule has 0 fully saturated rings. The average molecular weight is 80.4 g/mol. The molecule has 0 aromatic rings. The van der Waals surface area contributed by atoms with Gasteiger partial charge in [0, 0.05) is 0 Å². The first-order chi connectivity index (χ1) is 2.00. The van der Waals surface area contributed by atoms with Crippen molar-refractivity contribution in [2.45, 2.75) is 6.92 Å². The Morgan fingerprint density at radius 1 is 1.40 bits per heavy atom. The second-order valence-electron chi connectivity index (χ2n) is 0. The smallest absolute Gasteiger partial charge is 0.521 e. The maximum Gasteiger partial charge on any atom is 2.00 e. The van der Waals surface area contributed by atoms with E-state index in [0.29, 0.717) is 0 Å². The zero-order valence-electron chi connectivity index (χ0n) is 3.70. The standard InChI is InChI=1S/C2H5.C2H3.Mg/c2*1-2;/h1H2,2H3;1H,2H2;/q2*-1;+2. The van der Waals surface area contributed by atoms with Crippen LogP contribution >= 0.6 is 0 Å². The molecule has 1 heteroatoms.